The summed E-state index contributed by atoms with van der Waals surface area (Å²) in [7, 11) is 0. The van der Waals surface area contributed by atoms with E-state index in [9.17, 15) is 0 Å². The van der Waals surface area contributed by atoms with E-state index in [0.717, 1.165) is 61.8 Å². The lowest BCUT2D eigenvalue weighted by molar-refractivity contribution is 0.122. The number of benzene rings is 1. The van der Waals surface area contributed by atoms with Crippen LogP contribution in [-0.2, 0) is 4.74 Å². The highest BCUT2D eigenvalue weighted by Gasteiger charge is 2.40. The van der Waals surface area contributed by atoms with Gasteiger partial charge < -0.3 is 14.5 Å². The highest BCUT2D eigenvalue weighted by molar-refractivity contribution is 5.96. The summed E-state index contributed by atoms with van der Waals surface area (Å²) in [5.41, 5.74) is 4.33. The molecule has 134 valence electrons. The number of fused-ring (bicyclic) bond motifs is 1. The van der Waals surface area contributed by atoms with Crippen molar-refractivity contribution in [3.05, 3.63) is 53.0 Å². The smallest absolute Gasteiger partial charge is 0.272 e. The van der Waals surface area contributed by atoms with Gasteiger partial charge in [0.15, 0.2) is 5.82 Å². The fraction of sp³-hybridized carbons (Fsp3) is 0.450. The Morgan fingerprint density at radius 1 is 1.35 bits per heavy atom. The molecule has 6 heteroatoms. The molecule has 0 saturated carbocycles. The number of H-pyrrole nitrogens is 1. The average Bonchev–Trinajstić information content (AvgIpc) is 3.16. The molecule has 0 amide bonds. The average molecular weight is 349 g/mol. The van der Waals surface area contributed by atoms with Crippen molar-refractivity contribution >= 4 is 17.2 Å². The second kappa shape index (κ2) is 7.30. The van der Waals surface area contributed by atoms with E-state index in [0.29, 0.717) is 0 Å². The number of aliphatic imine (C=N–C) groups is 1. The number of aromatic nitrogens is 2. The van der Waals surface area contributed by atoms with Crippen LogP contribution in [0.5, 0.6) is 0 Å². The molecule has 3 heterocycles. The summed E-state index contributed by atoms with van der Waals surface area (Å²) < 4.78 is 5.47. The van der Waals surface area contributed by atoms with E-state index in [1.807, 2.05) is 6.20 Å². The van der Waals surface area contributed by atoms with Gasteiger partial charge in [-0.3, -0.25) is 5.10 Å². The Bertz CT molecular complexity index is 844. The summed E-state index contributed by atoms with van der Waals surface area (Å²) in [6, 6.07) is 8.31. The van der Waals surface area contributed by atoms with Crippen molar-refractivity contribution in [1.29, 1.82) is 0 Å². The number of ether oxygens (including phenoxy) is 1. The van der Waals surface area contributed by atoms with Crippen LogP contribution in [0.15, 0.2) is 35.5 Å². The Morgan fingerprint density at radius 3 is 2.96 bits per heavy atom. The molecule has 4 rings (SSSR count). The molecule has 1 fully saturated rings. The van der Waals surface area contributed by atoms with Crippen molar-refractivity contribution < 1.29 is 4.74 Å². The summed E-state index contributed by atoms with van der Waals surface area (Å²) >= 11 is 0. The quantitative estimate of drug-likeness (QED) is 0.859. The van der Waals surface area contributed by atoms with Gasteiger partial charge in [0, 0.05) is 24.3 Å². The summed E-state index contributed by atoms with van der Waals surface area (Å²) in [5.74, 6) is 0.774. The fourth-order valence-corrected chi connectivity index (χ4v) is 3.89. The van der Waals surface area contributed by atoms with Crippen molar-refractivity contribution in [3.63, 3.8) is 0 Å². The normalized spacial score (nSPS) is 22.5. The molecule has 6 nitrogen and oxygen atoms in total. The molecule has 2 aliphatic rings. The standard InChI is InChI=1S/C20H23N5O/c1-3-5-17-19(21-2)18(16-13-22-24-20(16)23-17)14-6-4-7-15(12-14)25-8-10-26-11-9-25/h4,6-7,12-13,18-19H,3,5,8-11H2,1H3,(H,22,24). The molecule has 2 aliphatic heterocycles. The maximum Gasteiger partial charge on any atom is 0.272 e. The van der Waals surface area contributed by atoms with Gasteiger partial charge in [0.05, 0.1) is 25.3 Å². The monoisotopic (exact) mass is 349 g/mol. The zero-order chi connectivity index (χ0) is 17.9. The molecular formula is C20H23N5O. The minimum absolute atomic E-state index is 0.0266. The van der Waals surface area contributed by atoms with Crippen molar-refractivity contribution in [2.45, 2.75) is 31.7 Å². The highest BCUT2D eigenvalue weighted by atomic mass is 16.5. The second-order valence-corrected chi connectivity index (χ2v) is 6.77. The highest BCUT2D eigenvalue weighted by Crippen LogP contribution is 2.41. The molecule has 1 aromatic carbocycles. The zero-order valence-corrected chi connectivity index (χ0v) is 15.0. The van der Waals surface area contributed by atoms with Crippen LogP contribution in [0.1, 0.15) is 36.8 Å². The molecule has 0 aliphatic carbocycles. The van der Waals surface area contributed by atoms with Gasteiger partial charge in [-0.1, -0.05) is 25.5 Å². The van der Waals surface area contributed by atoms with E-state index in [-0.39, 0.29) is 12.0 Å². The van der Waals surface area contributed by atoms with Crippen LogP contribution in [0.3, 0.4) is 0 Å². The second-order valence-electron chi connectivity index (χ2n) is 6.77. The number of nitrogens with zero attached hydrogens (tertiary/aromatic N) is 4. The van der Waals surface area contributed by atoms with Gasteiger partial charge in [-0.15, -0.1) is 0 Å². The van der Waals surface area contributed by atoms with Gasteiger partial charge in [0.1, 0.15) is 5.71 Å². The number of morpholine rings is 1. The zero-order valence-electron chi connectivity index (χ0n) is 15.0. The first-order valence-corrected chi connectivity index (χ1v) is 9.21. The molecule has 2 atom stereocenters. The van der Waals surface area contributed by atoms with Gasteiger partial charge in [0.2, 0.25) is 0 Å². The van der Waals surface area contributed by atoms with E-state index in [4.69, 9.17) is 16.3 Å². The van der Waals surface area contributed by atoms with Crippen molar-refractivity contribution in [2.75, 3.05) is 31.2 Å². The first kappa shape index (κ1) is 16.8. The molecule has 2 aromatic rings. The topological polar surface area (TPSA) is 57.9 Å². The summed E-state index contributed by atoms with van der Waals surface area (Å²) in [6.07, 6.45) is 3.64. The minimum atomic E-state index is -0.264. The largest absolute Gasteiger partial charge is 0.378 e. The lowest BCUT2D eigenvalue weighted by atomic mass is 9.81. The van der Waals surface area contributed by atoms with Crippen molar-refractivity contribution in [3.8, 4) is 0 Å². The van der Waals surface area contributed by atoms with Gasteiger partial charge in [-0.2, -0.15) is 5.10 Å². The number of aromatic amines is 1. The summed E-state index contributed by atoms with van der Waals surface area (Å²) in [6.45, 7) is 13.3. The van der Waals surface area contributed by atoms with Crippen LogP contribution in [0.2, 0.25) is 0 Å². The van der Waals surface area contributed by atoms with Gasteiger partial charge in [-0.25, -0.2) is 11.6 Å². The molecule has 0 bridgehead atoms. The van der Waals surface area contributed by atoms with Gasteiger partial charge in [0.25, 0.3) is 6.04 Å². The van der Waals surface area contributed by atoms with Crippen molar-refractivity contribution in [2.24, 2.45) is 4.99 Å². The van der Waals surface area contributed by atoms with E-state index in [2.05, 4.69) is 51.1 Å². The van der Waals surface area contributed by atoms with E-state index in [1.54, 1.807) is 0 Å². The van der Waals surface area contributed by atoms with Crippen LogP contribution in [0.4, 0.5) is 11.5 Å². The number of hydrogen-bond donors (Lipinski definition) is 1. The Hall–Kier alpha value is -2.65. The number of anilines is 1. The number of nitrogens with one attached hydrogen (secondary N) is 1. The van der Waals surface area contributed by atoms with Crippen LogP contribution in [0, 0.1) is 6.57 Å². The van der Waals surface area contributed by atoms with Gasteiger partial charge in [-0.05, 0) is 24.1 Å². The van der Waals surface area contributed by atoms with Crippen molar-refractivity contribution in [1.82, 2.24) is 10.2 Å². The first-order valence-electron chi connectivity index (χ1n) is 9.21. The minimum Gasteiger partial charge on any atom is -0.378 e. The van der Waals surface area contributed by atoms with Gasteiger partial charge >= 0.3 is 0 Å². The number of hydrogen-bond acceptors (Lipinski definition) is 4. The molecule has 26 heavy (non-hydrogen) atoms. The third-order valence-electron chi connectivity index (χ3n) is 5.15. The molecule has 0 radical (unpaired) electrons. The summed E-state index contributed by atoms with van der Waals surface area (Å²) in [4.78, 5) is 11.0. The first-order chi connectivity index (χ1) is 12.8. The van der Waals surface area contributed by atoms with E-state index in [1.165, 1.54) is 5.69 Å². The van der Waals surface area contributed by atoms with Crippen LogP contribution in [0.25, 0.3) is 4.85 Å². The lowest BCUT2D eigenvalue weighted by Gasteiger charge is -2.30. The Kier molecular flexibility index (Phi) is 4.72. The molecule has 1 N–H and O–H groups in total. The predicted molar refractivity (Wildman–Crippen MR) is 102 cm³/mol. The number of rotatable bonds is 4. The molecule has 0 spiro atoms. The predicted octanol–water partition coefficient (Wildman–Crippen LogP) is 3.55. The molecular weight excluding hydrogens is 326 g/mol. The third-order valence-corrected chi connectivity index (χ3v) is 5.15. The van der Waals surface area contributed by atoms with E-state index < -0.39 is 0 Å². The lowest BCUT2D eigenvalue weighted by Crippen LogP contribution is -2.36. The molecule has 2 unspecified atom stereocenters. The Morgan fingerprint density at radius 2 is 2.19 bits per heavy atom. The van der Waals surface area contributed by atoms with Crippen LogP contribution in [-0.4, -0.2) is 48.3 Å². The molecule has 1 aromatic heterocycles. The third kappa shape index (κ3) is 2.99. The Balaban J connectivity index is 1.74. The maximum atomic E-state index is 7.82. The van der Waals surface area contributed by atoms with Crippen LogP contribution < -0.4 is 4.90 Å². The SMILES string of the molecule is [C-]#[N+]C1C(CCC)=Nc2[nH]ncc2C1c1cccc(N2CCOCC2)c1. The Labute approximate surface area is 153 Å². The summed E-state index contributed by atoms with van der Waals surface area (Å²) in [5, 5.41) is 7.19. The maximum absolute atomic E-state index is 7.82. The molecule has 1 saturated heterocycles. The van der Waals surface area contributed by atoms with Crippen LogP contribution >= 0.6 is 0 Å². The fourth-order valence-electron chi connectivity index (χ4n) is 3.89. The van der Waals surface area contributed by atoms with E-state index >= 15 is 0 Å².